The molecule has 0 aliphatic heterocycles. The summed E-state index contributed by atoms with van der Waals surface area (Å²) in [7, 11) is 0. The van der Waals surface area contributed by atoms with Crippen LogP contribution < -0.4 is 0 Å². The molecule has 2 heterocycles. The fraction of sp³-hybridized carbons (Fsp3) is 0.273. The molecule has 0 saturated carbocycles. The first-order chi connectivity index (χ1) is 7.76. The molecule has 0 atom stereocenters. The summed E-state index contributed by atoms with van der Waals surface area (Å²) in [5.74, 6) is 0. The standard InChI is InChI=1S/C11H11BrN2OS/c1-2-3-14-4-8(5-15)11(13-14)9-6-16-7-10(9)12/h4-7H,2-3H2,1H3. The molecule has 0 aliphatic rings. The predicted octanol–water partition coefficient (Wildman–Crippen LogP) is 3.60. The predicted molar refractivity (Wildman–Crippen MR) is 68.9 cm³/mol. The molecule has 0 N–H and O–H groups in total. The van der Waals surface area contributed by atoms with E-state index in [0.29, 0.717) is 5.56 Å². The van der Waals surface area contributed by atoms with Gasteiger partial charge < -0.3 is 0 Å². The van der Waals surface area contributed by atoms with Crippen molar-refractivity contribution in [3.63, 3.8) is 0 Å². The van der Waals surface area contributed by atoms with Crippen LogP contribution in [0.15, 0.2) is 21.4 Å². The van der Waals surface area contributed by atoms with Gasteiger partial charge in [0.2, 0.25) is 0 Å². The van der Waals surface area contributed by atoms with Gasteiger partial charge in [0.25, 0.3) is 0 Å². The van der Waals surface area contributed by atoms with Crippen LogP contribution in [0.1, 0.15) is 23.7 Å². The van der Waals surface area contributed by atoms with Gasteiger partial charge in [-0.3, -0.25) is 9.48 Å². The van der Waals surface area contributed by atoms with E-state index >= 15 is 0 Å². The van der Waals surface area contributed by atoms with Gasteiger partial charge in [0, 0.05) is 33.5 Å². The number of carbonyl (C=O) groups excluding carboxylic acids is 1. The summed E-state index contributed by atoms with van der Waals surface area (Å²) < 4.78 is 2.81. The Balaban J connectivity index is 2.47. The molecule has 0 aliphatic carbocycles. The molecule has 0 radical (unpaired) electrons. The average molecular weight is 299 g/mol. The van der Waals surface area contributed by atoms with Crippen LogP contribution in [0.2, 0.25) is 0 Å². The third-order valence-electron chi connectivity index (χ3n) is 2.24. The lowest BCUT2D eigenvalue weighted by molar-refractivity contribution is 0.112. The molecule has 0 fully saturated rings. The van der Waals surface area contributed by atoms with Crippen molar-refractivity contribution in [3.05, 3.63) is 27.0 Å². The van der Waals surface area contributed by atoms with Gasteiger partial charge >= 0.3 is 0 Å². The highest BCUT2D eigenvalue weighted by Crippen LogP contribution is 2.32. The van der Waals surface area contributed by atoms with Gasteiger partial charge in [0.1, 0.15) is 5.69 Å². The molecule has 0 bridgehead atoms. The highest BCUT2D eigenvalue weighted by atomic mass is 79.9. The Kier molecular flexibility index (Phi) is 3.56. The van der Waals surface area contributed by atoms with Crippen molar-refractivity contribution in [2.75, 3.05) is 0 Å². The monoisotopic (exact) mass is 298 g/mol. The lowest BCUT2D eigenvalue weighted by Gasteiger charge is -1.96. The van der Waals surface area contributed by atoms with E-state index in [1.54, 1.807) is 17.5 Å². The molecule has 84 valence electrons. The number of aromatic nitrogens is 2. The molecule has 0 saturated heterocycles. The summed E-state index contributed by atoms with van der Waals surface area (Å²) in [5.41, 5.74) is 2.39. The maximum Gasteiger partial charge on any atom is 0.153 e. The third kappa shape index (κ3) is 2.10. The Labute approximate surface area is 106 Å². The summed E-state index contributed by atoms with van der Waals surface area (Å²) >= 11 is 5.05. The van der Waals surface area contributed by atoms with E-state index in [2.05, 4.69) is 28.0 Å². The van der Waals surface area contributed by atoms with Crippen LogP contribution in [0.4, 0.5) is 0 Å². The smallest absolute Gasteiger partial charge is 0.153 e. The molecule has 16 heavy (non-hydrogen) atoms. The van der Waals surface area contributed by atoms with Crippen LogP contribution in [0.3, 0.4) is 0 Å². The Bertz CT molecular complexity index is 504. The zero-order valence-electron chi connectivity index (χ0n) is 8.81. The zero-order chi connectivity index (χ0) is 11.5. The largest absolute Gasteiger partial charge is 0.298 e. The minimum Gasteiger partial charge on any atom is -0.298 e. The minimum atomic E-state index is 0.646. The van der Waals surface area contributed by atoms with Crippen molar-refractivity contribution < 1.29 is 4.79 Å². The first-order valence-corrected chi connectivity index (χ1v) is 6.74. The van der Waals surface area contributed by atoms with E-state index < -0.39 is 0 Å². The second kappa shape index (κ2) is 4.93. The van der Waals surface area contributed by atoms with Crippen LogP contribution in [-0.4, -0.2) is 16.1 Å². The number of nitrogens with zero attached hydrogens (tertiary/aromatic N) is 2. The quantitative estimate of drug-likeness (QED) is 0.809. The third-order valence-corrected chi connectivity index (χ3v) is 3.94. The Hall–Kier alpha value is -0.940. The average Bonchev–Trinajstić information content (AvgIpc) is 2.84. The van der Waals surface area contributed by atoms with E-state index in [9.17, 15) is 4.79 Å². The van der Waals surface area contributed by atoms with Crippen LogP contribution in [0.25, 0.3) is 11.3 Å². The van der Waals surface area contributed by atoms with Gasteiger partial charge in [-0.25, -0.2) is 0 Å². The maximum absolute atomic E-state index is 11.0. The van der Waals surface area contributed by atoms with E-state index in [1.165, 1.54) is 0 Å². The van der Waals surface area contributed by atoms with Crippen molar-refractivity contribution >= 4 is 33.6 Å². The highest BCUT2D eigenvalue weighted by molar-refractivity contribution is 9.10. The summed E-state index contributed by atoms with van der Waals surface area (Å²) in [6.07, 6.45) is 3.67. The number of aldehydes is 1. The second-order valence-electron chi connectivity index (χ2n) is 3.45. The lowest BCUT2D eigenvalue weighted by Crippen LogP contribution is -1.96. The molecule has 2 rings (SSSR count). The maximum atomic E-state index is 11.0. The number of carbonyl (C=O) groups is 1. The normalized spacial score (nSPS) is 10.6. The Morgan fingerprint density at radius 3 is 2.94 bits per heavy atom. The molecule has 0 unspecified atom stereocenters. The lowest BCUT2D eigenvalue weighted by atomic mass is 10.2. The van der Waals surface area contributed by atoms with Crippen molar-refractivity contribution in [3.8, 4) is 11.3 Å². The zero-order valence-corrected chi connectivity index (χ0v) is 11.2. The van der Waals surface area contributed by atoms with Crippen molar-refractivity contribution in [2.45, 2.75) is 19.9 Å². The fourth-order valence-corrected chi connectivity index (χ4v) is 2.99. The van der Waals surface area contributed by atoms with Gasteiger partial charge in [-0.15, -0.1) is 0 Å². The number of aryl methyl sites for hydroxylation is 1. The van der Waals surface area contributed by atoms with Crippen LogP contribution in [0.5, 0.6) is 0 Å². The number of thiophene rings is 1. The van der Waals surface area contributed by atoms with Crippen LogP contribution in [0, 0.1) is 0 Å². The summed E-state index contributed by atoms with van der Waals surface area (Å²) in [6.45, 7) is 2.92. The first-order valence-electron chi connectivity index (χ1n) is 5.01. The first kappa shape index (κ1) is 11.5. The number of rotatable bonds is 4. The SMILES string of the molecule is CCCn1cc(C=O)c(-c2cscc2Br)n1. The summed E-state index contributed by atoms with van der Waals surface area (Å²) in [6, 6.07) is 0. The Morgan fingerprint density at radius 1 is 1.56 bits per heavy atom. The number of hydrogen-bond acceptors (Lipinski definition) is 3. The molecule has 2 aromatic rings. The summed E-state index contributed by atoms with van der Waals surface area (Å²) in [5, 5.41) is 8.42. The van der Waals surface area contributed by atoms with E-state index in [-0.39, 0.29) is 0 Å². The minimum absolute atomic E-state index is 0.646. The highest BCUT2D eigenvalue weighted by Gasteiger charge is 2.13. The van der Waals surface area contributed by atoms with Gasteiger partial charge in [-0.05, 0) is 22.4 Å². The van der Waals surface area contributed by atoms with E-state index in [4.69, 9.17) is 0 Å². The van der Waals surface area contributed by atoms with Gasteiger partial charge in [0.05, 0.1) is 5.56 Å². The van der Waals surface area contributed by atoms with E-state index in [1.807, 2.05) is 15.4 Å². The molecule has 0 aromatic carbocycles. The summed E-state index contributed by atoms with van der Waals surface area (Å²) in [4.78, 5) is 11.0. The molecule has 0 spiro atoms. The van der Waals surface area contributed by atoms with Gasteiger partial charge in [0.15, 0.2) is 6.29 Å². The molecule has 3 nitrogen and oxygen atoms in total. The van der Waals surface area contributed by atoms with Crippen molar-refractivity contribution in [1.29, 1.82) is 0 Å². The van der Waals surface area contributed by atoms with Crippen molar-refractivity contribution in [1.82, 2.24) is 9.78 Å². The molecule has 2 aromatic heterocycles. The topological polar surface area (TPSA) is 34.9 Å². The van der Waals surface area contributed by atoms with Crippen molar-refractivity contribution in [2.24, 2.45) is 0 Å². The molecule has 5 heteroatoms. The van der Waals surface area contributed by atoms with Crippen LogP contribution >= 0.6 is 27.3 Å². The second-order valence-corrected chi connectivity index (χ2v) is 5.05. The molecule has 0 amide bonds. The fourth-order valence-electron chi connectivity index (χ4n) is 1.53. The Morgan fingerprint density at radius 2 is 2.38 bits per heavy atom. The van der Waals surface area contributed by atoms with Gasteiger partial charge in [-0.1, -0.05) is 6.92 Å². The van der Waals surface area contributed by atoms with E-state index in [0.717, 1.165) is 35.0 Å². The van der Waals surface area contributed by atoms with Crippen LogP contribution in [-0.2, 0) is 6.54 Å². The molecular weight excluding hydrogens is 288 g/mol. The molecular formula is C11H11BrN2OS. The van der Waals surface area contributed by atoms with Gasteiger partial charge in [-0.2, -0.15) is 16.4 Å². The number of halogens is 1. The number of hydrogen-bond donors (Lipinski definition) is 0.